The van der Waals surface area contributed by atoms with Gasteiger partial charge in [0.05, 0.1) is 19.6 Å². The van der Waals surface area contributed by atoms with Crippen LogP contribution in [0.25, 0.3) is 0 Å². The van der Waals surface area contributed by atoms with Crippen LogP contribution in [0.3, 0.4) is 0 Å². The Hall–Kier alpha value is -1.49. The largest absolute Gasteiger partial charge is 0.379 e. The molecule has 2 aromatic rings. The topological polar surface area (TPSA) is 37.3 Å². The van der Waals surface area contributed by atoms with Crippen LogP contribution in [-0.2, 0) is 5.60 Å². The first kappa shape index (κ1) is 19.8. The van der Waals surface area contributed by atoms with Crippen molar-refractivity contribution in [3.8, 4) is 0 Å². The van der Waals surface area contributed by atoms with Crippen LogP contribution >= 0.6 is 15.9 Å². The first-order valence-corrected chi connectivity index (χ1v) is 11.1. The molecule has 0 spiro atoms. The van der Waals surface area contributed by atoms with E-state index in [0.717, 1.165) is 65.5 Å². The molecular formula is C24H29BrNO2+. The number of piperidine rings is 3. The summed E-state index contributed by atoms with van der Waals surface area (Å²) in [5.74, 6) is 0.575. The highest BCUT2D eigenvalue weighted by molar-refractivity contribution is 9.10. The summed E-state index contributed by atoms with van der Waals surface area (Å²) < 4.78 is 1.95. The number of halogens is 1. The molecule has 0 amide bonds. The predicted octanol–water partition coefficient (Wildman–Crippen LogP) is 4.85. The molecule has 3 heterocycles. The molecule has 3 nitrogen and oxygen atoms in total. The van der Waals surface area contributed by atoms with Crippen molar-refractivity contribution in [3.63, 3.8) is 0 Å². The van der Waals surface area contributed by atoms with Crippen LogP contribution in [0.4, 0.5) is 0 Å². The molecule has 1 unspecified atom stereocenters. The summed E-state index contributed by atoms with van der Waals surface area (Å²) in [7, 11) is 0. The maximum absolute atomic E-state index is 12.5. The lowest BCUT2D eigenvalue weighted by Crippen LogP contribution is -2.67. The molecule has 1 N–H and O–H groups in total. The van der Waals surface area contributed by atoms with Crippen LogP contribution in [0.5, 0.6) is 0 Å². The standard InChI is InChI=1S/C24H29BrNO2/c1-18-4-8-20(9-5-18)24(28)17-26(15-12-21(24)13-16-26)14-2-3-23(27)19-6-10-22(25)11-7-19/h4-11,21,28H,2-3,12-17H2,1H3/q+1. The highest BCUT2D eigenvalue weighted by Gasteiger charge is 2.54. The molecule has 3 fully saturated rings. The molecule has 28 heavy (non-hydrogen) atoms. The van der Waals surface area contributed by atoms with Crippen LogP contribution in [0, 0.1) is 12.8 Å². The second-order valence-corrected chi connectivity index (χ2v) is 9.68. The molecule has 3 saturated heterocycles. The van der Waals surface area contributed by atoms with Crippen molar-refractivity contribution in [2.24, 2.45) is 5.92 Å². The van der Waals surface area contributed by atoms with Crippen LogP contribution in [-0.4, -0.2) is 41.6 Å². The normalized spacial score (nSPS) is 29.0. The molecule has 5 rings (SSSR count). The molecule has 0 aliphatic carbocycles. The number of carbonyl (C=O) groups is 1. The summed E-state index contributed by atoms with van der Waals surface area (Å²) in [5.41, 5.74) is 2.36. The molecule has 148 valence electrons. The Morgan fingerprint density at radius 2 is 1.75 bits per heavy atom. The monoisotopic (exact) mass is 442 g/mol. The smallest absolute Gasteiger partial charge is 0.163 e. The van der Waals surface area contributed by atoms with Crippen LogP contribution in [0.15, 0.2) is 53.0 Å². The van der Waals surface area contributed by atoms with Gasteiger partial charge in [-0.3, -0.25) is 4.79 Å². The van der Waals surface area contributed by atoms with Gasteiger partial charge in [-0.15, -0.1) is 0 Å². The number of quaternary nitrogens is 1. The Labute approximate surface area is 176 Å². The van der Waals surface area contributed by atoms with E-state index in [2.05, 4.69) is 47.1 Å². The van der Waals surface area contributed by atoms with Crippen molar-refractivity contribution in [2.75, 3.05) is 26.2 Å². The fourth-order valence-corrected chi connectivity index (χ4v) is 5.48. The summed E-state index contributed by atoms with van der Waals surface area (Å²) in [4.78, 5) is 12.5. The van der Waals surface area contributed by atoms with Gasteiger partial charge in [0.1, 0.15) is 12.1 Å². The van der Waals surface area contributed by atoms with E-state index >= 15 is 0 Å². The fraction of sp³-hybridized carbons (Fsp3) is 0.458. The van der Waals surface area contributed by atoms with Gasteiger partial charge in [0.2, 0.25) is 0 Å². The van der Waals surface area contributed by atoms with Gasteiger partial charge in [0, 0.05) is 41.6 Å². The third kappa shape index (κ3) is 3.83. The van der Waals surface area contributed by atoms with E-state index in [1.54, 1.807) is 0 Å². The van der Waals surface area contributed by atoms with E-state index in [9.17, 15) is 9.90 Å². The zero-order chi connectivity index (χ0) is 19.8. The number of fused-ring (bicyclic) bond motifs is 3. The Kier molecular flexibility index (Phi) is 5.47. The lowest BCUT2D eigenvalue weighted by molar-refractivity contribution is -0.952. The predicted molar refractivity (Wildman–Crippen MR) is 115 cm³/mol. The van der Waals surface area contributed by atoms with Gasteiger partial charge >= 0.3 is 0 Å². The first-order valence-electron chi connectivity index (χ1n) is 10.3. The van der Waals surface area contributed by atoms with E-state index in [4.69, 9.17) is 0 Å². The van der Waals surface area contributed by atoms with Crippen LogP contribution in [0.2, 0.25) is 0 Å². The van der Waals surface area contributed by atoms with Crippen molar-refractivity contribution in [3.05, 3.63) is 69.7 Å². The Bertz CT molecular complexity index is 838. The van der Waals surface area contributed by atoms with E-state index in [1.165, 1.54) is 5.56 Å². The third-order valence-corrected chi connectivity index (χ3v) is 7.44. The van der Waals surface area contributed by atoms with Crippen LogP contribution < -0.4 is 0 Å². The first-order chi connectivity index (χ1) is 13.4. The zero-order valence-electron chi connectivity index (χ0n) is 16.5. The number of carbonyl (C=O) groups excluding carboxylic acids is 1. The second kappa shape index (κ2) is 7.74. The summed E-state index contributed by atoms with van der Waals surface area (Å²) in [6.45, 7) is 6.10. The van der Waals surface area contributed by atoms with E-state index in [1.807, 2.05) is 24.3 Å². The number of aliphatic hydroxyl groups is 1. The van der Waals surface area contributed by atoms with Gasteiger partial charge in [0.15, 0.2) is 5.78 Å². The zero-order valence-corrected chi connectivity index (χ0v) is 18.1. The summed E-state index contributed by atoms with van der Waals surface area (Å²) in [6.07, 6.45) is 3.60. The summed E-state index contributed by atoms with van der Waals surface area (Å²) in [6, 6.07) is 16.0. The van der Waals surface area contributed by atoms with E-state index < -0.39 is 5.60 Å². The van der Waals surface area contributed by atoms with Gasteiger partial charge in [-0.05, 0) is 24.6 Å². The number of hydrogen-bond acceptors (Lipinski definition) is 2. The molecule has 0 aromatic heterocycles. The van der Waals surface area contributed by atoms with Crippen molar-refractivity contribution < 1.29 is 14.4 Å². The number of benzene rings is 2. The number of nitrogens with zero attached hydrogens (tertiary/aromatic N) is 1. The number of ketones is 1. The maximum atomic E-state index is 12.5. The van der Waals surface area contributed by atoms with E-state index in [0.29, 0.717) is 12.3 Å². The quantitative estimate of drug-likeness (QED) is 0.512. The molecule has 2 bridgehead atoms. The second-order valence-electron chi connectivity index (χ2n) is 8.77. The summed E-state index contributed by atoms with van der Waals surface area (Å²) in [5, 5.41) is 11.6. The molecule has 2 aromatic carbocycles. The van der Waals surface area contributed by atoms with Crippen molar-refractivity contribution >= 4 is 21.7 Å². The van der Waals surface area contributed by atoms with Crippen LogP contribution in [0.1, 0.15) is 47.2 Å². The lowest BCUT2D eigenvalue weighted by atomic mass is 9.70. The molecule has 0 radical (unpaired) electrons. The number of Topliss-reactive ketones (excluding diaryl/α,β-unsaturated/α-hetero) is 1. The number of hydrogen-bond donors (Lipinski definition) is 1. The Morgan fingerprint density at radius 3 is 2.39 bits per heavy atom. The molecule has 1 atom stereocenters. The highest BCUT2D eigenvalue weighted by atomic mass is 79.9. The van der Waals surface area contributed by atoms with E-state index in [-0.39, 0.29) is 5.78 Å². The van der Waals surface area contributed by atoms with Crippen molar-refractivity contribution in [1.82, 2.24) is 0 Å². The van der Waals surface area contributed by atoms with Gasteiger partial charge in [-0.1, -0.05) is 57.9 Å². The van der Waals surface area contributed by atoms with Crippen molar-refractivity contribution in [2.45, 2.75) is 38.2 Å². The number of rotatable bonds is 6. The third-order valence-electron chi connectivity index (χ3n) is 6.91. The molecular weight excluding hydrogens is 414 g/mol. The Morgan fingerprint density at radius 1 is 1.11 bits per heavy atom. The SMILES string of the molecule is Cc1ccc(C2(O)C[N+]3(CCCC(=O)c4ccc(Br)cc4)CCC2CC3)cc1. The Balaban J connectivity index is 1.42. The van der Waals surface area contributed by atoms with Gasteiger partial charge < -0.3 is 9.59 Å². The summed E-state index contributed by atoms with van der Waals surface area (Å²) >= 11 is 3.42. The minimum absolute atomic E-state index is 0.214. The average Bonchev–Trinajstić information content (AvgIpc) is 2.69. The van der Waals surface area contributed by atoms with Gasteiger partial charge in [-0.2, -0.15) is 0 Å². The fourth-order valence-electron chi connectivity index (χ4n) is 5.22. The molecule has 3 aliphatic rings. The minimum atomic E-state index is -0.722. The number of aryl methyl sites for hydroxylation is 1. The van der Waals surface area contributed by atoms with Gasteiger partial charge in [-0.25, -0.2) is 0 Å². The van der Waals surface area contributed by atoms with Crippen molar-refractivity contribution in [1.29, 1.82) is 0 Å². The highest BCUT2D eigenvalue weighted by Crippen LogP contribution is 2.46. The van der Waals surface area contributed by atoms with Gasteiger partial charge in [0.25, 0.3) is 0 Å². The maximum Gasteiger partial charge on any atom is 0.163 e. The molecule has 0 saturated carbocycles. The minimum Gasteiger partial charge on any atom is -0.379 e. The average molecular weight is 443 g/mol. The molecule has 3 aliphatic heterocycles. The lowest BCUT2D eigenvalue weighted by Gasteiger charge is -2.56. The molecule has 4 heteroatoms.